The first kappa shape index (κ1) is 13.1. The fourth-order valence-electron chi connectivity index (χ4n) is 1.68. The van der Waals surface area contributed by atoms with Crippen LogP contribution in [0.4, 0.5) is 0 Å². The van der Waals surface area contributed by atoms with E-state index >= 15 is 0 Å². The second-order valence-electron chi connectivity index (χ2n) is 4.25. The van der Waals surface area contributed by atoms with E-state index in [9.17, 15) is 0 Å². The Hall–Kier alpha value is 0.0500. The summed E-state index contributed by atoms with van der Waals surface area (Å²) in [5, 5.41) is 0. The van der Waals surface area contributed by atoms with Gasteiger partial charge < -0.3 is 0 Å². The van der Waals surface area contributed by atoms with Crippen LogP contribution in [-0.2, 0) is 12.8 Å². The zero-order valence-corrected chi connectivity index (χ0v) is 12.1. The van der Waals surface area contributed by atoms with Crippen LogP contribution < -0.4 is 0 Å². The second-order valence-corrected chi connectivity index (χ2v) is 6.16. The van der Waals surface area contributed by atoms with Crippen LogP contribution in [0, 0.1) is 5.92 Å². The van der Waals surface area contributed by atoms with E-state index in [0.29, 0.717) is 0 Å². The van der Waals surface area contributed by atoms with Crippen molar-refractivity contribution in [1.82, 2.24) is 0 Å². The molecule has 0 saturated heterocycles. The number of aryl methyl sites for hydroxylation is 1. The SMILES string of the molecule is CSCCc1ccc(Br)cc1CC(C)C. The largest absolute Gasteiger partial charge is 0.165 e. The molecular formula is C13H19BrS. The van der Waals surface area contributed by atoms with Gasteiger partial charge in [-0.05, 0) is 54.0 Å². The molecule has 0 N–H and O–H groups in total. The van der Waals surface area contributed by atoms with Crippen molar-refractivity contribution in [3.05, 3.63) is 33.8 Å². The number of halogens is 1. The molecule has 1 aromatic rings. The molecule has 0 aliphatic rings. The number of benzene rings is 1. The molecule has 0 radical (unpaired) electrons. The van der Waals surface area contributed by atoms with E-state index in [0.717, 1.165) is 5.92 Å². The lowest BCUT2D eigenvalue weighted by atomic mass is 9.97. The molecule has 0 bridgehead atoms. The molecule has 84 valence electrons. The predicted molar refractivity (Wildman–Crippen MR) is 74.8 cm³/mol. The van der Waals surface area contributed by atoms with E-state index in [1.165, 1.54) is 34.2 Å². The van der Waals surface area contributed by atoms with Crippen molar-refractivity contribution < 1.29 is 0 Å². The summed E-state index contributed by atoms with van der Waals surface area (Å²) in [5.41, 5.74) is 3.02. The van der Waals surface area contributed by atoms with E-state index in [2.05, 4.69) is 54.2 Å². The van der Waals surface area contributed by atoms with Crippen LogP contribution in [0.3, 0.4) is 0 Å². The lowest BCUT2D eigenvalue weighted by Crippen LogP contribution is -2.00. The third-order valence-corrected chi connectivity index (χ3v) is 3.48. The maximum Gasteiger partial charge on any atom is 0.0178 e. The summed E-state index contributed by atoms with van der Waals surface area (Å²) in [6, 6.07) is 6.69. The lowest BCUT2D eigenvalue weighted by molar-refractivity contribution is 0.643. The first-order valence-electron chi connectivity index (χ1n) is 5.39. The normalized spacial score (nSPS) is 11.0. The van der Waals surface area contributed by atoms with Crippen LogP contribution in [0.15, 0.2) is 22.7 Å². The molecule has 0 aliphatic heterocycles. The molecule has 0 heterocycles. The third kappa shape index (κ3) is 4.60. The van der Waals surface area contributed by atoms with Gasteiger partial charge in [0.1, 0.15) is 0 Å². The van der Waals surface area contributed by atoms with Gasteiger partial charge in [-0.2, -0.15) is 11.8 Å². The van der Waals surface area contributed by atoms with E-state index in [1.807, 2.05) is 11.8 Å². The Morgan fingerprint density at radius 1 is 1.27 bits per heavy atom. The highest BCUT2D eigenvalue weighted by atomic mass is 79.9. The molecule has 2 heteroatoms. The Labute approximate surface area is 106 Å². The van der Waals surface area contributed by atoms with Crippen LogP contribution in [0.1, 0.15) is 25.0 Å². The molecule has 15 heavy (non-hydrogen) atoms. The van der Waals surface area contributed by atoms with Crippen LogP contribution in [-0.4, -0.2) is 12.0 Å². The van der Waals surface area contributed by atoms with Gasteiger partial charge in [-0.25, -0.2) is 0 Å². The molecule has 0 spiro atoms. The highest BCUT2D eigenvalue weighted by Gasteiger charge is 2.05. The number of hydrogen-bond acceptors (Lipinski definition) is 1. The average molecular weight is 287 g/mol. The Balaban J connectivity index is 2.82. The first-order valence-corrected chi connectivity index (χ1v) is 7.58. The highest BCUT2D eigenvalue weighted by Crippen LogP contribution is 2.21. The Bertz CT molecular complexity index is 307. The van der Waals surface area contributed by atoms with Crippen molar-refractivity contribution in [2.75, 3.05) is 12.0 Å². The quantitative estimate of drug-likeness (QED) is 0.765. The van der Waals surface area contributed by atoms with Crippen molar-refractivity contribution in [1.29, 1.82) is 0 Å². The molecular weight excluding hydrogens is 268 g/mol. The fraction of sp³-hybridized carbons (Fsp3) is 0.538. The van der Waals surface area contributed by atoms with E-state index in [-0.39, 0.29) is 0 Å². The van der Waals surface area contributed by atoms with Gasteiger partial charge in [0.05, 0.1) is 0 Å². The summed E-state index contributed by atoms with van der Waals surface area (Å²) in [7, 11) is 0. The van der Waals surface area contributed by atoms with Crippen LogP contribution in [0.25, 0.3) is 0 Å². The average Bonchev–Trinajstić information content (AvgIpc) is 2.16. The second kappa shape index (κ2) is 6.59. The van der Waals surface area contributed by atoms with E-state index in [4.69, 9.17) is 0 Å². The van der Waals surface area contributed by atoms with Crippen molar-refractivity contribution in [3.63, 3.8) is 0 Å². The number of hydrogen-bond donors (Lipinski definition) is 0. The summed E-state index contributed by atoms with van der Waals surface area (Å²) in [6.07, 6.45) is 4.54. The topological polar surface area (TPSA) is 0 Å². The summed E-state index contributed by atoms with van der Waals surface area (Å²) < 4.78 is 1.20. The minimum absolute atomic E-state index is 0.729. The summed E-state index contributed by atoms with van der Waals surface area (Å²) >= 11 is 5.47. The predicted octanol–water partition coefficient (Wildman–Crippen LogP) is 4.55. The van der Waals surface area contributed by atoms with Gasteiger partial charge in [-0.15, -0.1) is 0 Å². The highest BCUT2D eigenvalue weighted by molar-refractivity contribution is 9.10. The minimum atomic E-state index is 0.729. The maximum atomic E-state index is 3.55. The molecule has 0 unspecified atom stereocenters. The maximum absolute atomic E-state index is 3.55. The van der Waals surface area contributed by atoms with Crippen molar-refractivity contribution in [2.45, 2.75) is 26.7 Å². The molecule has 0 atom stereocenters. The van der Waals surface area contributed by atoms with Crippen LogP contribution in [0.2, 0.25) is 0 Å². The fourth-order valence-corrected chi connectivity index (χ4v) is 2.51. The molecule has 1 aromatic carbocycles. The van der Waals surface area contributed by atoms with Crippen molar-refractivity contribution in [2.24, 2.45) is 5.92 Å². The van der Waals surface area contributed by atoms with Gasteiger partial charge >= 0.3 is 0 Å². The smallest absolute Gasteiger partial charge is 0.0178 e. The molecule has 0 aliphatic carbocycles. The van der Waals surface area contributed by atoms with Crippen molar-refractivity contribution >= 4 is 27.7 Å². The zero-order valence-electron chi connectivity index (χ0n) is 9.72. The summed E-state index contributed by atoms with van der Waals surface area (Å²) in [6.45, 7) is 4.55. The number of rotatable bonds is 5. The van der Waals surface area contributed by atoms with Gasteiger partial charge in [-0.1, -0.05) is 35.8 Å². The van der Waals surface area contributed by atoms with Crippen molar-refractivity contribution in [3.8, 4) is 0 Å². The van der Waals surface area contributed by atoms with E-state index < -0.39 is 0 Å². The van der Waals surface area contributed by atoms with Gasteiger partial charge in [0, 0.05) is 4.47 Å². The minimum Gasteiger partial charge on any atom is -0.165 e. The zero-order chi connectivity index (χ0) is 11.3. The summed E-state index contributed by atoms with van der Waals surface area (Å²) in [5.74, 6) is 1.94. The van der Waals surface area contributed by atoms with Gasteiger partial charge in [-0.3, -0.25) is 0 Å². The summed E-state index contributed by atoms with van der Waals surface area (Å²) in [4.78, 5) is 0. The first-order chi connectivity index (χ1) is 7.13. The monoisotopic (exact) mass is 286 g/mol. The third-order valence-electron chi connectivity index (χ3n) is 2.37. The van der Waals surface area contributed by atoms with E-state index in [1.54, 1.807) is 0 Å². The van der Waals surface area contributed by atoms with Crippen LogP contribution >= 0.6 is 27.7 Å². The van der Waals surface area contributed by atoms with Crippen LogP contribution in [0.5, 0.6) is 0 Å². The molecule has 0 saturated carbocycles. The molecule has 0 amide bonds. The van der Waals surface area contributed by atoms with Gasteiger partial charge in [0.15, 0.2) is 0 Å². The Kier molecular flexibility index (Phi) is 5.77. The Morgan fingerprint density at radius 3 is 2.60 bits per heavy atom. The molecule has 0 aromatic heterocycles. The standard InChI is InChI=1S/C13H19BrS/c1-10(2)8-12-9-13(14)5-4-11(12)6-7-15-3/h4-5,9-10H,6-8H2,1-3H3. The molecule has 0 nitrogen and oxygen atoms in total. The number of thioether (sulfide) groups is 1. The lowest BCUT2D eigenvalue weighted by Gasteiger charge is -2.11. The Morgan fingerprint density at radius 2 is 2.00 bits per heavy atom. The molecule has 1 rings (SSSR count). The van der Waals surface area contributed by atoms with Gasteiger partial charge in [0.2, 0.25) is 0 Å². The van der Waals surface area contributed by atoms with Gasteiger partial charge in [0.25, 0.3) is 0 Å². The molecule has 0 fully saturated rings.